The van der Waals surface area contributed by atoms with E-state index in [0.29, 0.717) is 5.57 Å². The number of hydrogen-bond donors (Lipinski definition) is 1. The molecule has 0 spiro atoms. The van der Waals surface area contributed by atoms with Gasteiger partial charge in [-0.1, -0.05) is 32.8 Å². The highest BCUT2D eigenvalue weighted by Gasteiger charge is 2.28. The van der Waals surface area contributed by atoms with Crippen molar-refractivity contribution in [2.24, 2.45) is 11.3 Å². The van der Waals surface area contributed by atoms with E-state index >= 15 is 0 Å². The first kappa shape index (κ1) is 11.3. The monoisotopic (exact) mass is 196 g/mol. The van der Waals surface area contributed by atoms with Crippen molar-refractivity contribution in [2.45, 2.75) is 46.5 Å². The van der Waals surface area contributed by atoms with Crippen molar-refractivity contribution in [3.8, 4) is 0 Å². The summed E-state index contributed by atoms with van der Waals surface area (Å²) in [7, 11) is 0. The number of carboxylic acid groups (broad SMARTS) is 1. The summed E-state index contributed by atoms with van der Waals surface area (Å²) >= 11 is 0. The van der Waals surface area contributed by atoms with Crippen LogP contribution in [0.4, 0.5) is 0 Å². The van der Waals surface area contributed by atoms with Crippen LogP contribution in [0.15, 0.2) is 11.6 Å². The van der Waals surface area contributed by atoms with Crippen molar-refractivity contribution < 1.29 is 9.90 Å². The van der Waals surface area contributed by atoms with E-state index in [9.17, 15) is 4.79 Å². The lowest BCUT2D eigenvalue weighted by Gasteiger charge is -2.34. The molecule has 2 heteroatoms. The molecule has 0 aromatic rings. The van der Waals surface area contributed by atoms with E-state index < -0.39 is 5.97 Å². The molecule has 0 amide bonds. The number of aliphatic carboxylic acids is 1. The summed E-state index contributed by atoms with van der Waals surface area (Å²) in [6.45, 7) is 6.11. The van der Waals surface area contributed by atoms with Gasteiger partial charge in [0.05, 0.1) is 0 Å². The lowest BCUT2D eigenvalue weighted by molar-refractivity contribution is -0.132. The summed E-state index contributed by atoms with van der Waals surface area (Å²) in [5, 5.41) is 8.82. The lowest BCUT2D eigenvalue weighted by Crippen LogP contribution is -2.23. The third kappa shape index (κ3) is 2.86. The van der Waals surface area contributed by atoms with Crippen LogP contribution in [0.5, 0.6) is 0 Å². The molecule has 1 aliphatic carbocycles. The van der Waals surface area contributed by atoms with Gasteiger partial charge in [-0.2, -0.15) is 0 Å². The zero-order chi connectivity index (χ0) is 10.8. The highest BCUT2D eigenvalue weighted by atomic mass is 16.4. The Kier molecular flexibility index (Phi) is 3.35. The number of carbonyl (C=O) groups is 1. The Hall–Kier alpha value is -0.790. The van der Waals surface area contributed by atoms with Crippen molar-refractivity contribution in [3.63, 3.8) is 0 Å². The van der Waals surface area contributed by atoms with Crippen LogP contribution in [0, 0.1) is 11.3 Å². The molecular formula is C12H20O2. The summed E-state index contributed by atoms with van der Waals surface area (Å²) in [6, 6.07) is 0. The van der Waals surface area contributed by atoms with Crippen LogP contribution in [-0.2, 0) is 4.79 Å². The number of rotatable bonds is 2. The molecule has 2 atom stereocenters. The van der Waals surface area contributed by atoms with E-state index in [4.69, 9.17) is 5.11 Å². The zero-order valence-electron chi connectivity index (χ0n) is 9.34. The molecule has 2 unspecified atom stereocenters. The number of carboxylic acids is 1. The molecule has 0 saturated heterocycles. The number of allylic oxidation sites excluding steroid dienone is 1. The predicted octanol–water partition coefficient (Wildman–Crippen LogP) is 3.23. The normalized spacial score (nSPS) is 34.2. The van der Waals surface area contributed by atoms with Crippen molar-refractivity contribution in [1.82, 2.24) is 0 Å². The molecule has 14 heavy (non-hydrogen) atoms. The molecule has 80 valence electrons. The second kappa shape index (κ2) is 4.16. The molecular weight excluding hydrogens is 176 g/mol. The average Bonchev–Trinajstić information content (AvgIpc) is 2.02. The Morgan fingerprint density at radius 3 is 2.71 bits per heavy atom. The van der Waals surface area contributed by atoms with E-state index in [1.807, 2.05) is 6.08 Å². The summed E-state index contributed by atoms with van der Waals surface area (Å²) in [5.74, 6) is -0.0592. The molecule has 1 aliphatic rings. The van der Waals surface area contributed by atoms with Gasteiger partial charge in [0.2, 0.25) is 0 Å². The highest BCUT2D eigenvalue weighted by Crippen LogP contribution is 2.40. The van der Waals surface area contributed by atoms with Gasteiger partial charge in [-0.15, -0.1) is 0 Å². The van der Waals surface area contributed by atoms with Crippen LogP contribution in [0.3, 0.4) is 0 Å². The Bertz CT molecular complexity index is 255. The Balaban J connectivity index is 2.74. The molecule has 1 N–H and O–H groups in total. The zero-order valence-corrected chi connectivity index (χ0v) is 9.34. The second-order valence-corrected chi connectivity index (χ2v) is 4.99. The van der Waals surface area contributed by atoms with Gasteiger partial charge in [-0.25, -0.2) is 4.79 Å². The van der Waals surface area contributed by atoms with Crippen LogP contribution in [0.2, 0.25) is 0 Å². The van der Waals surface area contributed by atoms with Crippen molar-refractivity contribution in [1.29, 1.82) is 0 Å². The van der Waals surface area contributed by atoms with Gasteiger partial charge >= 0.3 is 5.97 Å². The van der Waals surface area contributed by atoms with Gasteiger partial charge < -0.3 is 5.11 Å². The smallest absolute Gasteiger partial charge is 0.330 e. The molecule has 1 saturated carbocycles. The Labute approximate surface area is 86.0 Å². The van der Waals surface area contributed by atoms with Gasteiger partial charge in [0.15, 0.2) is 0 Å². The molecule has 0 heterocycles. The maximum absolute atomic E-state index is 10.7. The minimum absolute atomic E-state index is 0.111. The van der Waals surface area contributed by atoms with Crippen LogP contribution in [0.1, 0.15) is 46.5 Å². The topological polar surface area (TPSA) is 37.3 Å². The summed E-state index contributed by atoms with van der Waals surface area (Å²) in [5.41, 5.74) is 0.599. The first-order valence-corrected chi connectivity index (χ1v) is 5.36. The summed E-state index contributed by atoms with van der Waals surface area (Å²) in [4.78, 5) is 10.7. The second-order valence-electron chi connectivity index (χ2n) is 4.99. The molecule has 0 aromatic carbocycles. The van der Waals surface area contributed by atoms with E-state index in [2.05, 4.69) is 13.8 Å². The van der Waals surface area contributed by atoms with E-state index in [1.54, 1.807) is 6.92 Å². The molecule has 0 radical (unpaired) electrons. The fraction of sp³-hybridized carbons (Fsp3) is 0.750. The third-order valence-corrected chi connectivity index (χ3v) is 3.16. The molecule has 0 aliphatic heterocycles. The average molecular weight is 196 g/mol. The predicted molar refractivity (Wildman–Crippen MR) is 57.1 cm³/mol. The molecule has 1 rings (SSSR count). The van der Waals surface area contributed by atoms with Crippen LogP contribution in [-0.4, -0.2) is 11.1 Å². The third-order valence-electron chi connectivity index (χ3n) is 3.16. The standard InChI is InChI=1S/C12H20O2/c1-9-5-4-6-12(3,7-9)8-10(2)11(13)14/h8-9H,4-7H2,1-3H3,(H,13,14). The first-order chi connectivity index (χ1) is 6.43. The quantitative estimate of drug-likeness (QED) is 0.688. The Morgan fingerprint density at radius 1 is 1.57 bits per heavy atom. The van der Waals surface area contributed by atoms with Gasteiger partial charge in [0, 0.05) is 5.57 Å². The van der Waals surface area contributed by atoms with Gasteiger partial charge in [0.25, 0.3) is 0 Å². The molecule has 0 aromatic heterocycles. The van der Waals surface area contributed by atoms with Gasteiger partial charge in [-0.05, 0) is 31.1 Å². The van der Waals surface area contributed by atoms with Crippen LogP contribution >= 0.6 is 0 Å². The number of hydrogen-bond acceptors (Lipinski definition) is 1. The lowest BCUT2D eigenvalue weighted by atomic mass is 9.71. The van der Waals surface area contributed by atoms with Gasteiger partial charge in [0.1, 0.15) is 0 Å². The van der Waals surface area contributed by atoms with Gasteiger partial charge in [-0.3, -0.25) is 0 Å². The first-order valence-electron chi connectivity index (χ1n) is 5.36. The Morgan fingerprint density at radius 2 is 2.21 bits per heavy atom. The SMILES string of the molecule is CC(=CC1(C)CCCC(C)C1)C(=O)O. The van der Waals surface area contributed by atoms with Crippen molar-refractivity contribution >= 4 is 5.97 Å². The van der Waals surface area contributed by atoms with Crippen LogP contribution < -0.4 is 0 Å². The van der Waals surface area contributed by atoms with E-state index in [1.165, 1.54) is 12.8 Å². The fourth-order valence-corrected chi connectivity index (χ4v) is 2.57. The molecule has 1 fully saturated rings. The summed E-state index contributed by atoms with van der Waals surface area (Å²) < 4.78 is 0. The largest absolute Gasteiger partial charge is 0.478 e. The van der Waals surface area contributed by atoms with Crippen molar-refractivity contribution in [2.75, 3.05) is 0 Å². The van der Waals surface area contributed by atoms with Crippen LogP contribution in [0.25, 0.3) is 0 Å². The van der Waals surface area contributed by atoms with E-state index in [-0.39, 0.29) is 5.41 Å². The van der Waals surface area contributed by atoms with E-state index in [0.717, 1.165) is 18.8 Å². The molecule has 0 bridgehead atoms. The summed E-state index contributed by atoms with van der Waals surface area (Å²) in [6.07, 6.45) is 6.71. The minimum atomic E-state index is -0.788. The maximum atomic E-state index is 10.7. The maximum Gasteiger partial charge on any atom is 0.330 e. The molecule has 2 nitrogen and oxygen atoms in total. The highest BCUT2D eigenvalue weighted by molar-refractivity contribution is 5.85. The minimum Gasteiger partial charge on any atom is -0.478 e. The van der Waals surface area contributed by atoms with Crippen molar-refractivity contribution in [3.05, 3.63) is 11.6 Å². The fourth-order valence-electron chi connectivity index (χ4n) is 2.57.